The molecule has 0 unspecified atom stereocenters. The molecular weight excluding hydrogens is 244 g/mol. The third-order valence-electron chi connectivity index (χ3n) is 2.14. The first-order chi connectivity index (χ1) is 7.95. The van der Waals surface area contributed by atoms with Gasteiger partial charge in [0.1, 0.15) is 5.15 Å². The van der Waals surface area contributed by atoms with Crippen molar-refractivity contribution >= 4 is 29.1 Å². The van der Waals surface area contributed by atoms with Gasteiger partial charge in [0.15, 0.2) is 0 Å². The van der Waals surface area contributed by atoms with Gasteiger partial charge in [0.25, 0.3) is 5.91 Å². The van der Waals surface area contributed by atoms with Crippen LogP contribution in [0.3, 0.4) is 0 Å². The minimum Gasteiger partial charge on any atom is -0.397 e. The number of hydrogen-bond acceptors (Lipinski definition) is 4. The summed E-state index contributed by atoms with van der Waals surface area (Å²) in [4.78, 5) is 28.1. The SMILES string of the molecule is CNC(=O)CN(C)C(=O)c1cc(Cl)ncc1N. The van der Waals surface area contributed by atoms with Crippen LogP contribution in [0.2, 0.25) is 5.15 Å². The van der Waals surface area contributed by atoms with Crippen LogP contribution in [0.1, 0.15) is 10.4 Å². The number of nitrogens with zero attached hydrogens (tertiary/aromatic N) is 2. The molecule has 1 heterocycles. The van der Waals surface area contributed by atoms with Crippen LogP contribution in [0, 0.1) is 0 Å². The van der Waals surface area contributed by atoms with Crippen molar-refractivity contribution in [1.82, 2.24) is 15.2 Å². The lowest BCUT2D eigenvalue weighted by Gasteiger charge is -2.17. The van der Waals surface area contributed by atoms with E-state index in [1.165, 1.54) is 31.3 Å². The normalized spacial score (nSPS) is 9.82. The zero-order valence-corrected chi connectivity index (χ0v) is 10.3. The van der Waals surface area contributed by atoms with Crippen molar-refractivity contribution in [3.8, 4) is 0 Å². The monoisotopic (exact) mass is 256 g/mol. The first kappa shape index (κ1) is 13.2. The van der Waals surface area contributed by atoms with Crippen LogP contribution >= 0.6 is 11.6 Å². The molecule has 2 amide bonds. The van der Waals surface area contributed by atoms with E-state index in [-0.39, 0.29) is 34.8 Å². The van der Waals surface area contributed by atoms with Gasteiger partial charge in [-0.15, -0.1) is 0 Å². The van der Waals surface area contributed by atoms with Crippen molar-refractivity contribution < 1.29 is 9.59 Å². The molecule has 0 aromatic carbocycles. The standard InChI is InChI=1S/C10H13ClN4O2/c1-13-9(16)5-15(2)10(17)6-3-8(11)14-4-7(6)12/h3-4H,5,12H2,1-2H3,(H,13,16). The first-order valence-corrected chi connectivity index (χ1v) is 5.20. The summed E-state index contributed by atoms with van der Waals surface area (Å²) in [6.45, 7) is -0.0469. The van der Waals surface area contributed by atoms with Gasteiger partial charge in [-0.1, -0.05) is 11.6 Å². The molecule has 0 aliphatic carbocycles. The van der Waals surface area contributed by atoms with Crippen molar-refractivity contribution in [1.29, 1.82) is 0 Å². The number of hydrogen-bond donors (Lipinski definition) is 2. The topological polar surface area (TPSA) is 88.3 Å². The number of nitrogens with one attached hydrogen (secondary N) is 1. The molecule has 6 nitrogen and oxygen atoms in total. The molecule has 3 N–H and O–H groups in total. The Morgan fingerprint density at radius 2 is 2.24 bits per heavy atom. The molecule has 0 spiro atoms. The first-order valence-electron chi connectivity index (χ1n) is 4.82. The van der Waals surface area contributed by atoms with Crippen molar-refractivity contribution in [3.63, 3.8) is 0 Å². The van der Waals surface area contributed by atoms with Gasteiger partial charge in [-0.25, -0.2) is 4.98 Å². The summed E-state index contributed by atoms with van der Waals surface area (Å²) in [5, 5.41) is 2.60. The summed E-state index contributed by atoms with van der Waals surface area (Å²) < 4.78 is 0. The Labute approximate surface area is 104 Å². The van der Waals surface area contributed by atoms with E-state index in [4.69, 9.17) is 17.3 Å². The molecule has 0 fully saturated rings. The van der Waals surface area contributed by atoms with Crippen LogP contribution in [0.4, 0.5) is 5.69 Å². The lowest BCUT2D eigenvalue weighted by molar-refractivity contribution is -0.121. The highest BCUT2D eigenvalue weighted by Gasteiger charge is 2.17. The van der Waals surface area contributed by atoms with E-state index >= 15 is 0 Å². The Hall–Kier alpha value is -1.82. The van der Waals surface area contributed by atoms with Gasteiger partial charge in [-0.2, -0.15) is 0 Å². The molecule has 0 saturated carbocycles. The minimum absolute atomic E-state index is 0.0469. The molecule has 1 aromatic rings. The van der Waals surface area contributed by atoms with Gasteiger partial charge < -0.3 is 16.0 Å². The fourth-order valence-corrected chi connectivity index (χ4v) is 1.36. The average Bonchev–Trinajstić information content (AvgIpc) is 2.31. The molecule has 92 valence electrons. The van der Waals surface area contributed by atoms with Gasteiger partial charge in [-0.05, 0) is 6.07 Å². The van der Waals surface area contributed by atoms with Gasteiger partial charge in [0, 0.05) is 14.1 Å². The zero-order valence-electron chi connectivity index (χ0n) is 9.53. The lowest BCUT2D eigenvalue weighted by Crippen LogP contribution is -2.37. The van der Waals surface area contributed by atoms with Crippen molar-refractivity contribution in [2.45, 2.75) is 0 Å². The van der Waals surface area contributed by atoms with Gasteiger partial charge in [0.05, 0.1) is 24.0 Å². The maximum Gasteiger partial charge on any atom is 0.256 e. The number of amides is 2. The molecule has 0 bridgehead atoms. The molecule has 17 heavy (non-hydrogen) atoms. The second kappa shape index (κ2) is 5.49. The highest BCUT2D eigenvalue weighted by atomic mass is 35.5. The Balaban J connectivity index is 2.88. The Morgan fingerprint density at radius 1 is 1.59 bits per heavy atom. The molecule has 1 rings (SSSR count). The van der Waals surface area contributed by atoms with Crippen molar-refractivity contribution in [2.24, 2.45) is 0 Å². The van der Waals surface area contributed by atoms with E-state index in [1.807, 2.05) is 0 Å². The number of anilines is 1. The molecule has 0 aliphatic heterocycles. The van der Waals surface area contributed by atoms with E-state index in [1.54, 1.807) is 0 Å². The van der Waals surface area contributed by atoms with E-state index < -0.39 is 0 Å². The fraction of sp³-hybridized carbons (Fsp3) is 0.300. The third kappa shape index (κ3) is 3.32. The molecule has 0 radical (unpaired) electrons. The number of rotatable bonds is 3. The van der Waals surface area contributed by atoms with Crippen LogP contribution in [0.5, 0.6) is 0 Å². The number of nitrogens with two attached hydrogens (primary N) is 1. The number of carbonyl (C=O) groups excluding carboxylic acids is 2. The average molecular weight is 257 g/mol. The summed E-state index contributed by atoms with van der Waals surface area (Å²) in [5.41, 5.74) is 6.08. The molecular formula is C10H13ClN4O2. The van der Waals surface area contributed by atoms with Crippen molar-refractivity contribution in [3.05, 3.63) is 23.0 Å². The summed E-state index contributed by atoms with van der Waals surface area (Å²) >= 11 is 5.68. The van der Waals surface area contributed by atoms with Crippen LogP contribution in [0.15, 0.2) is 12.3 Å². The number of nitrogen functional groups attached to an aromatic ring is 1. The van der Waals surface area contributed by atoms with Crippen LogP contribution in [-0.4, -0.2) is 42.3 Å². The highest BCUT2D eigenvalue weighted by Crippen LogP contribution is 2.16. The second-order valence-corrected chi connectivity index (χ2v) is 3.82. The number of likely N-dealkylation sites (N-methyl/N-ethyl adjacent to an activating group) is 2. The maximum atomic E-state index is 11.9. The van der Waals surface area contributed by atoms with E-state index in [9.17, 15) is 9.59 Å². The molecule has 0 aliphatic rings. The van der Waals surface area contributed by atoms with Crippen LogP contribution in [0.25, 0.3) is 0 Å². The van der Waals surface area contributed by atoms with Crippen LogP contribution in [-0.2, 0) is 4.79 Å². The zero-order chi connectivity index (χ0) is 13.0. The molecule has 0 atom stereocenters. The number of carbonyl (C=O) groups is 2. The predicted octanol–water partition coefficient (Wildman–Crippen LogP) is 0.135. The van der Waals surface area contributed by atoms with Crippen molar-refractivity contribution in [2.75, 3.05) is 26.4 Å². The number of aromatic nitrogens is 1. The van der Waals surface area contributed by atoms with Gasteiger partial charge in [0.2, 0.25) is 5.91 Å². The summed E-state index contributed by atoms with van der Waals surface area (Å²) in [6, 6.07) is 1.37. The summed E-state index contributed by atoms with van der Waals surface area (Å²) in [5.74, 6) is -0.644. The lowest BCUT2D eigenvalue weighted by atomic mass is 10.2. The smallest absolute Gasteiger partial charge is 0.256 e. The minimum atomic E-state index is -0.379. The van der Waals surface area contributed by atoms with E-state index in [2.05, 4.69) is 10.3 Å². The summed E-state index contributed by atoms with van der Waals surface area (Å²) in [7, 11) is 3.00. The Kier molecular flexibility index (Phi) is 4.28. The van der Waals surface area contributed by atoms with Gasteiger partial charge in [-0.3, -0.25) is 9.59 Å². The number of halogens is 1. The summed E-state index contributed by atoms with van der Waals surface area (Å²) in [6.07, 6.45) is 1.31. The third-order valence-corrected chi connectivity index (χ3v) is 2.34. The second-order valence-electron chi connectivity index (χ2n) is 3.43. The van der Waals surface area contributed by atoms with Gasteiger partial charge >= 0.3 is 0 Å². The Bertz CT molecular complexity index is 450. The van der Waals surface area contributed by atoms with Crippen LogP contribution < -0.4 is 11.1 Å². The highest BCUT2D eigenvalue weighted by molar-refractivity contribution is 6.29. The molecule has 0 saturated heterocycles. The Morgan fingerprint density at radius 3 is 2.82 bits per heavy atom. The van der Waals surface area contributed by atoms with E-state index in [0.29, 0.717) is 0 Å². The fourth-order valence-electron chi connectivity index (χ4n) is 1.20. The maximum absolute atomic E-state index is 11.9. The predicted molar refractivity (Wildman–Crippen MR) is 64.7 cm³/mol. The number of pyridine rings is 1. The molecule has 1 aromatic heterocycles. The quantitative estimate of drug-likeness (QED) is 0.753. The largest absolute Gasteiger partial charge is 0.397 e. The molecule has 7 heteroatoms. The van der Waals surface area contributed by atoms with E-state index in [0.717, 1.165) is 0 Å².